The molecule has 2 aromatic heterocycles. The van der Waals surface area contributed by atoms with E-state index in [9.17, 15) is 4.79 Å². The Kier molecular flexibility index (Phi) is 5.32. The van der Waals surface area contributed by atoms with Gasteiger partial charge < -0.3 is 20.1 Å². The smallest absolute Gasteiger partial charge is 0.258 e. The molecule has 4 N–H and O–H groups in total. The van der Waals surface area contributed by atoms with Crippen LogP contribution in [-0.2, 0) is 4.79 Å². The average molecular weight is 433 g/mol. The summed E-state index contributed by atoms with van der Waals surface area (Å²) in [6.07, 6.45) is 5.00. The lowest BCUT2D eigenvalue weighted by molar-refractivity contribution is -0.124. The first-order valence-corrected chi connectivity index (χ1v) is 10.4. The van der Waals surface area contributed by atoms with E-state index in [4.69, 9.17) is 9.47 Å². The molecule has 1 aliphatic carbocycles. The van der Waals surface area contributed by atoms with Gasteiger partial charge in [-0.1, -0.05) is 0 Å². The molecule has 1 amide bonds. The molecule has 1 aliphatic rings. The Bertz CT molecular complexity index is 1250. The molecule has 0 unspecified atom stereocenters. The third-order valence-corrected chi connectivity index (χ3v) is 5.45. The first kappa shape index (κ1) is 19.9. The van der Waals surface area contributed by atoms with Gasteiger partial charge in [-0.15, -0.1) is 5.10 Å². The fourth-order valence-electron chi connectivity index (χ4n) is 3.50. The summed E-state index contributed by atoms with van der Waals surface area (Å²) < 4.78 is 11.1. The van der Waals surface area contributed by atoms with Crippen LogP contribution in [0.3, 0.4) is 0 Å². The number of carbonyl (C=O) groups excluding carboxylic acids is 1. The van der Waals surface area contributed by atoms with E-state index < -0.39 is 0 Å². The highest BCUT2D eigenvalue weighted by atomic mass is 16.5. The molecule has 1 fully saturated rings. The van der Waals surface area contributed by atoms with E-state index in [1.54, 1.807) is 25.4 Å². The minimum absolute atomic E-state index is 0.0520. The second-order valence-electron chi connectivity index (χ2n) is 7.65. The highest BCUT2D eigenvalue weighted by Gasteiger charge is 2.20. The van der Waals surface area contributed by atoms with E-state index >= 15 is 0 Å². The van der Waals surface area contributed by atoms with Crippen LogP contribution in [0.5, 0.6) is 11.5 Å². The van der Waals surface area contributed by atoms with Crippen LogP contribution in [-0.4, -0.2) is 51.0 Å². The van der Waals surface area contributed by atoms with E-state index in [1.165, 1.54) is 6.42 Å². The zero-order valence-corrected chi connectivity index (χ0v) is 17.5. The van der Waals surface area contributed by atoms with Gasteiger partial charge in [0.25, 0.3) is 5.91 Å². The normalized spacial score (nSPS) is 13.5. The van der Waals surface area contributed by atoms with Crippen molar-refractivity contribution in [2.24, 2.45) is 0 Å². The van der Waals surface area contributed by atoms with Gasteiger partial charge in [-0.25, -0.2) is 0 Å². The molecule has 0 atom stereocenters. The van der Waals surface area contributed by atoms with Gasteiger partial charge in [0.05, 0.1) is 18.8 Å². The fraction of sp³-hybridized carbons (Fsp3) is 0.273. The van der Waals surface area contributed by atoms with E-state index in [2.05, 4.69) is 36.0 Å². The van der Waals surface area contributed by atoms with Crippen molar-refractivity contribution in [2.75, 3.05) is 19.0 Å². The van der Waals surface area contributed by atoms with Crippen LogP contribution in [0.4, 0.5) is 11.6 Å². The number of rotatable bonds is 8. The van der Waals surface area contributed by atoms with Crippen LogP contribution in [0.15, 0.2) is 42.6 Å². The number of anilines is 2. The van der Waals surface area contributed by atoms with Gasteiger partial charge >= 0.3 is 0 Å². The summed E-state index contributed by atoms with van der Waals surface area (Å²) in [6, 6.07) is 11.5. The second kappa shape index (κ2) is 8.58. The van der Waals surface area contributed by atoms with Crippen molar-refractivity contribution in [1.29, 1.82) is 0 Å². The fourth-order valence-corrected chi connectivity index (χ4v) is 3.50. The number of carbonyl (C=O) groups is 1. The Morgan fingerprint density at radius 3 is 2.88 bits per heavy atom. The minimum Gasteiger partial charge on any atom is -0.493 e. The lowest BCUT2D eigenvalue weighted by Crippen LogP contribution is -2.41. The average Bonchev–Trinajstić information content (AvgIpc) is 3.44. The first-order valence-electron chi connectivity index (χ1n) is 10.4. The first-order chi connectivity index (χ1) is 15.7. The zero-order chi connectivity index (χ0) is 21.9. The van der Waals surface area contributed by atoms with Gasteiger partial charge in [0, 0.05) is 22.7 Å². The number of aromatic nitrogens is 5. The number of ether oxygens (including phenoxy) is 2. The van der Waals surface area contributed by atoms with E-state index in [1.807, 2.05) is 24.3 Å². The van der Waals surface area contributed by atoms with Crippen LogP contribution in [0, 0.1) is 0 Å². The number of aromatic amines is 2. The largest absolute Gasteiger partial charge is 0.493 e. The van der Waals surface area contributed by atoms with Gasteiger partial charge in [-0.3, -0.25) is 15.0 Å². The summed E-state index contributed by atoms with van der Waals surface area (Å²) in [5.41, 5.74) is 2.59. The van der Waals surface area contributed by atoms with Crippen molar-refractivity contribution < 1.29 is 14.3 Å². The molecule has 2 aromatic carbocycles. The number of nitrogens with zero attached hydrogens (tertiary/aromatic N) is 3. The molecular formula is C22H23N7O3. The zero-order valence-electron chi connectivity index (χ0n) is 17.5. The Morgan fingerprint density at radius 2 is 2.06 bits per heavy atom. The van der Waals surface area contributed by atoms with Gasteiger partial charge in [0.2, 0.25) is 5.95 Å². The quantitative estimate of drug-likeness (QED) is 0.336. The van der Waals surface area contributed by atoms with Crippen molar-refractivity contribution in [3.8, 4) is 22.9 Å². The number of H-pyrrole nitrogens is 2. The number of hydrogen-bond donors (Lipinski definition) is 4. The Morgan fingerprint density at radius 1 is 1.16 bits per heavy atom. The molecule has 2 heterocycles. The number of benzene rings is 2. The molecule has 4 aromatic rings. The van der Waals surface area contributed by atoms with E-state index in [0.29, 0.717) is 23.3 Å². The summed E-state index contributed by atoms with van der Waals surface area (Å²) in [5, 5.41) is 21.2. The predicted octanol–water partition coefficient (Wildman–Crippen LogP) is 3.15. The van der Waals surface area contributed by atoms with Crippen LogP contribution >= 0.6 is 0 Å². The summed E-state index contributed by atoms with van der Waals surface area (Å²) in [6.45, 7) is -0.0520. The van der Waals surface area contributed by atoms with Crippen molar-refractivity contribution in [3.63, 3.8) is 0 Å². The number of amides is 1. The molecule has 5 rings (SSSR count). The lowest BCUT2D eigenvalue weighted by atomic mass is 9.93. The highest BCUT2D eigenvalue weighted by molar-refractivity contribution is 5.82. The standard InChI is InChI=1S/C22H23N7O3/c1-31-19-10-13(5-8-18(19)32-12-20(30)24-15-3-2-4-15)21-26-22(29-28-21)25-16-6-7-17-14(9-16)11-23-27-17/h5-11,15H,2-4,12H2,1H3,(H,23,27)(H,24,30)(H2,25,26,28,29). The van der Waals surface area contributed by atoms with Crippen molar-refractivity contribution in [2.45, 2.75) is 25.3 Å². The molecule has 0 saturated heterocycles. The predicted molar refractivity (Wildman–Crippen MR) is 119 cm³/mol. The summed E-state index contributed by atoms with van der Waals surface area (Å²) >= 11 is 0. The molecule has 10 heteroatoms. The molecule has 0 spiro atoms. The monoisotopic (exact) mass is 433 g/mol. The van der Waals surface area contributed by atoms with Crippen molar-refractivity contribution in [1.82, 2.24) is 30.7 Å². The molecule has 0 radical (unpaired) electrons. The minimum atomic E-state index is -0.125. The lowest BCUT2D eigenvalue weighted by Gasteiger charge is -2.26. The van der Waals surface area contributed by atoms with Crippen LogP contribution in [0.25, 0.3) is 22.3 Å². The van der Waals surface area contributed by atoms with Gasteiger partial charge in [-0.2, -0.15) is 10.1 Å². The van der Waals surface area contributed by atoms with Gasteiger partial charge in [0.15, 0.2) is 23.9 Å². The SMILES string of the molecule is COc1cc(-c2nc(Nc3ccc4[nH]ncc4c3)n[nH]2)ccc1OCC(=O)NC1CCC1. The second-order valence-corrected chi connectivity index (χ2v) is 7.65. The molecule has 0 bridgehead atoms. The number of methoxy groups -OCH3 is 1. The summed E-state index contributed by atoms with van der Waals surface area (Å²) in [5.74, 6) is 1.89. The highest BCUT2D eigenvalue weighted by Crippen LogP contribution is 2.32. The van der Waals surface area contributed by atoms with E-state index in [-0.39, 0.29) is 18.6 Å². The number of hydrogen-bond acceptors (Lipinski definition) is 7. The van der Waals surface area contributed by atoms with E-state index in [0.717, 1.165) is 35.0 Å². The van der Waals surface area contributed by atoms with Gasteiger partial charge in [0.1, 0.15) is 0 Å². The maximum absolute atomic E-state index is 12.0. The third kappa shape index (κ3) is 4.20. The molecule has 10 nitrogen and oxygen atoms in total. The molecule has 0 aliphatic heterocycles. The van der Waals surface area contributed by atoms with Crippen molar-refractivity contribution in [3.05, 3.63) is 42.6 Å². The molecule has 164 valence electrons. The van der Waals surface area contributed by atoms with Crippen molar-refractivity contribution >= 4 is 28.4 Å². The number of nitrogens with one attached hydrogen (secondary N) is 4. The maximum atomic E-state index is 12.0. The molecular weight excluding hydrogens is 410 g/mol. The Balaban J connectivity index is 1.26. The number of fused-ring (bicyclic) bond motifs is 1. The Hall–Kier alpha value is -4.08. The van der Waals surface area contributed by atoms with Crippen LogP contribution < -0.4 is 20.1 Å². The van der Waals surface area contributed by atoms with Gasteiger partial charge in [-0.05, 0) is 55.7 Å². The molecule has 32 heavy (non-hydrogen) atoms. The molecule has 1 saturated carbocycles. The summed E-state index contributed by atoms with van der Waals surface area (Å²) in [7, 11) is 1.56. The topological polar surface area (TPSA) is 130 Å². The third-order valence-electron chi connectivity index (χ3n) is 5.45. The van der Waals surface area contributed by atoms with Crippen LogP contribution in [0.1, 0.15) is 19.3 Å². The maximum Gasteiger partial charge on any atom is 0.258 e. The van der Waals surface area contributed by atoms with Crippen LogP contribution in [0.2, 0.25) is 0 Å². The summed E-state index contributed by atoms with van der Waals surface area (Å²) in [4.78, 5) is 16.5. The Labute approximate surface area is 183 Å².